The maximum Gasteiger partial charge on any atom is 0.410 e. The summed E-state index contributed by atoms with van der Waals surface area (Å²) in [4.78, 5) is 28.3. The van der Waals surface area contributed by atoms with Gasteiger partial charge in [0, 0.05) is 32.2 Å². The number of hydrogen-bond acceptors (Lipinski definition) is 6. The Kier molecular flexibility index (Phi) is 7.73. The lowest BCUT2D eigenvalue weighted by molar-refractivity contribution is -0.163. The third kappa shape index (κ3) is 7.95. The van der Waals surface area contributed by atoms with Crippen LogP contribution in [0.1, 0.15) is 67.2 Å². The minimum absolute atomic E-state index is 0.0240. The van der Waals surface area contributed by atoms with Crippen molar-refractivity contribution in [2.24, 2.45) is 0 Å². The quantitative estimate of drug-likeness (QED) is 0.678. The molecule has 0 aromatic carbocycles. The average Bonchev–Trinajstić information content (AvgIpc) is 2.58. The number of esters is 1. The van der Waals surface area contributed by atoms with Crippen molar-refractivity contribution < 1.29 is 23.8 Å². The topological polar surface area (TPSA) is 68.3 Å². The van der Waals surface area contributed by atoms with Crippen LogP contribution in [0.25, 0.3) is 0 Å². The number of piperidine rings is 2. The minimum atomic E-state index is -0.474. The fraction of sp³-hybridized carbons (Fsp3) is 0.905. The number of carbonyl (C=O) groups excluding carboxylic acids is 2. The lowest BCUT2D eigenvalue weighted by Crippen LogP contribution is -2.50. The molecule has 2 saturated heterocycles. The SMILES string of the molecule is CC(C)(C)OC(=O)COC1CCN(C2CCN(C(=O)OC(C)(C)C)CC2)CC1. The van der Waals surface area contributed by atoms with Gasteiger partial charge in [-0.15, -0.1) is 0 Å². The highest BCUT2D eigenvalue weighted by atomic mass is 16.6. The van der Waals surface area contributed by atoms with Crippen LogP contribution in [-0.4, -0.2) is 78.0 Å². The van der Waals surface area contributed by atoms with E-state index in [0.717, 1.165) is 51.9 Å². The van der Waals surface area contributed by atoms with E-state index in [1.807, 2.05) is 46.4 Å². The fourth-order valence-electron chi connectivity index (χ4n) is 3.70. The summed E-state index contributed by atoms with van der Waals surface area (Å²) in [7, 11) is 0. The molecule has 0 unspecified atom stereocenters. The fourth-order valence-corrected chi connectivity index (χ4v) is 3.70. The van der Waals surface area contributed by atoms with Gasteiger partial charge in [0.25, 0.3) is 0 Å². The lowest BCUT2D eigenvalue weighted by Gasteiger charge is -2.41. The largest absolute Gasteiger partial charge is 0.458 e. The summed E-state index contributed by atoms with van der Waals surface area (Å²) in [6.07, 6.45) is 3.71. The zero-order valence-corrected chi connectivity index (χ0v) is 18.5. The van der Waals surface area contributed by atoms with E-state index in [1.54, 1.807) is 0 Å². The summed E-state index contributed by atoms with van der Waals surface area (Å²) in [6, 6.07) is 0.505. The monoisotopic (exact) mass is 398 g/mol. The minimum Gasteiger partial charge on any atom is -0.458 e. The highest BCUT2D eigenvalue weighted by Crippen LogP contribution is 2.23. The first-order chi connectivity index (χ1) is 12.9. The van der Waals surface area contributed by atoms with Gasteiger partial charge in [-0.3, -0.25) is 0 Å². The van der Waals surface area contributed by atoms with E-state index < -0.39 is 11.2 Å². The Morgan fingerprint density at radius 1 is 0.821 bits per heavy atom. The summed E-state index contributed by atoms with van der Waals surface area (Å²) in [6.45, 7) is 14.7. The van der Waals surface area contributed by atoms with Gasteiger partial charge in [0.1, 0.15) is 17.8 Å². The first kappa shape index (κ1) is 22.9. The Morgan fingerprint density at radius 3 is 1.86 bits per heavy atom. The summed E-state index contributed by atoms with van der Waals surface area (Å²) < 4.78 is 16.5. The van der Waals surface area contributed by atoms with Crippen LogP contribution in [0.5, 0.6) is 0 Å². The molecule has 2 aliphatic heterocycles. The molecule has 2 heterocycles. The van der Waals surface area contributed by atoms with Gasteiger partial charge in [-0.05, 0) is 67.2 Å². The van der Waals surface area contributed by atoms with E-state index in [1.165, 1.54) is 0 Å². The van der Waals surface area contributed by atoms with Crippen LogP contribution in [0, 0.1) is 0 Å². The molecular formula is C21H38N2O5. The molecule has 7 heteroatoms. The van der Waals surface area contributed by atoms with Crippen LogP contribution in [-0.2, 0) is 19.0 Å². The molecule has 1 amide bonds. The van der Waals surface area contributed by atoms with Crippen molar-refractivity contribution >= 4 is 12.1 Å². The van der Waals surface area contributed by atoms with E-state index in [0.29, 0.717) is 6.04 Å². The van der Waals surface area contributed by atoms with Gasteiger partial charge < -0.3 is 24.0 Å². The molecule has 7 nitrogen and oxygen atoms in total. The summed E-state index contributed by atoms with van der Waals surface area (Å²) in [5.74, 6) is -0.301. The van der Waals surface area contributed by atoms with E-state index in [4.69, 9.17) is 14.2 Å². The van der Waals surface area contributed by atoms with Crippen molar-refractivity contribution in [2.45, 2.75) is 90.6 Å². The molecule has 0 spiro atoms. The van der Waals surface area contributed by atoms with Crippen LogP contribution in [0.4, 0.5) is 4.79 Å². The maximum atomic E-state index is 12.2. The van der Waals surface area contributed by atoms with Crippen molar-refractivity contribution in [3.63, 3.8) is 0 Å². The Hall–Kier alpha value is -1.34. The summed E-state index contributed by atoms with van der Waals surface area (Å²) in [5, 5.41) is 0. The van der Waals surface area contributed by atoms with E-state index in [9.17, 15) is 9.59 Å². The molecule has 162 valence electrons. The van der Waals surface area contributed by atoms with Crippen molar-refractivity contribution in [3.05, 3.63) is 0 Å². The Balaban J connectivity index is 1.66. The van der Waals surface area contributed by atoms with Gasteiger partial charge in [0.05, 0.1) is 6.10 Å². The van der Waals surface area contributed by atoms with E-state index in [-0.39, 0.29) is 24.8 Å². The van der Waals surface area contributed by atoms with Crippen molar-refractivity contribution in [1.29, 1.82) is 0 Å². The summed E-state index contributed by atoms with van der Waals surface area (Å²) >= 11 is 0. The molecule has 0 bridgehead atoms. The lowest BCUT2D eigenvalue weighted by atomic mass is 9.99. The van der Waals surface area contributed by atoms with Crippen LogP contribution in [0.15, 0.2) is 0 Å². The van der Waals surface area contributed by atoms with Crippen LogP contribution >= 0.6 is 0 Å². The number of nitrogens with zero attached hydrogens (tertiary/aromatic N) is 2. The molecule has 0 saturated carbocycles. The van der Waals surface area contributed by atoms with Crippen molar-refractivity contribution in [2.75, 3.05) is 32.8 Å². The molecule has 0 radical (unpaired) electrons. The Labute approximate surface area is 169 Å². The van der Waals surface area contributed by atoms with Crippen LogP contribution < -0.4 is 0 Å². The second kappa shape index (κ2) is 9.44. The molecular weight excluding hydrogens is 360 g/mol. The predicted molar refractivity (Wildman–Crippen MR) is 107 cm³/mol. The predicted octanol–water partition coefficient (Wildman–Crippen LogP) is 3.21. The Bertz CT molecular complexity index is 522. The zero-order valence-electron chi connectivity index (χ0n) is 18.5. The standard InChI is InChI=1S/C21H38N2O5/c1-20(2,3)27-18(24)15-26-17-9-13-22(14-10-17)16-7-11-23(12-8-16)19(25)28-21(4,5)6/h16-17H,7-15H2,1-6H3. The molecule has 0 aromatic heterocycles. The number of hydrogen-bond donors (Lipinski definition) is 0. The van der Waals surface area contributed by atoms with E-state index >= 15 is 0 Å². The number of likely N-dealkylation sites (tertiary alicyclic amines) is 2. The number of amides is 1. The second-order valence-electron chi connectivity index (χ2n) is 9.83. The molecule has 2 fully saturated rings. The molecule has 28 heavy (non-hydrogen) atoms. The highest BCUT2D eigenvalue weighted by Gasteiger charge is 2.31. The van der Waals surface area contributed by atoms with Crippen molar-refractivity contribution in [1.82, 2.24) is 9.80 Å². The first-order valence-electron chi connectivity index (χ1n) is 10.5. The van der Waals surface area contributed by atoms with Crippen molar-refractivity contribution in [3.8, 4) is 0 Å². The molecule has 0 N–H and O–H groups in total. The van der Waals surface area contributed by atoms with Gasteiger partial charge in [-0.1, -0.05) is 0 Å². The number of carbonyl (C=O) groups is 2. The third-order valence-corrected chi connectivity index (χ3v) is 4.97. The smallest absolute Gasteiger partial charge is 0.410 e. The molecule has 2 aliphatic rings. The average molecular weight is 399 g/mol. The van der Waals surface area contributed by atoms with E-state index in [2.05, 4.69) is 4.90 Å². The molecule has 0 aromatic rings. The van der Waals surface area contributed by atoms with Gasteiger partial charge >= 0.3 is 12.1 Å². The third-order valence-electron chi connectivity index (χ3n) is 4.97. The highest BCUT2D eigenvalue weighted by molar-refractivity contribution is 5.71. The first-order valence-corrected chi connectivity index (χ1v) is 10.5. The maximum absolute atomic E-state index is 12.2. The van der Waals surface area contributed by atoms with Gasteiger partial charge in [-0.25, -0.2) is 9.59 Å². The molecule has 2 rings (SSSR count). The molecule has 0 aliphatic carbocycles. The second-order valence-corrected chi connectivity index (χ2v) is 9.83. The number of rotatable bonds is 4. The van der Waals surface area contributed by atoms with Gasteiger partial charge in [-0.2, -0.15) is 0 Å². The number of ether oxygens (including phenoxy) is 3. The van der Waals surface area contributed by atoms with Gasteiger partial charge in [0.2, 0.25) is 0 Å². The van der Waals surface area contributed by atoms with Gasteiger partial charge in [0.15, 0.2) is 0 Å². The Morgan fingerprint density at radius 2 is 1.36 bits per heavy atom. The molecule has 0 atom stereocenters. The summed E-state index contributed by atoms with van der Waals surface area (Å²) in [5.41, 5.74) is -0.924. The normalized spacial score (nSPS) is 20.9. The van der Waals surface area contributed by atoms with Crippen LogP contribution in [0.3, 0.4) is 0 Å². The van der Waals surface area contributed by atoms with Crippen LogP contribution in [0.2, 0.25) is 0 Å². The zero-order chi connectivity index (χ0) is 20.9.